The summed E-state index contributed by atoms with van der Waals surface area (Å²) < 4.78 is 6.71. The van der Waals surface area contributed by atoms with Crippen LogP contribution in [0.5, 0.6) is 5.75 Å². The molecule has 1 heterocycles. The minimum atomic E-state index is -0.153. The maximum absolute atomic E-state index is 12.2. The van der Waals surface area contributed by atoms with Gasteiger partial charge in [-0.3, -0.25) is 4.79 Å². The normalized spacial score (nSPS) is 10.7. The largest absolute Gasteiger partial charge is 0.497 e. The van der Waals surface area contributed by atoms with Gasteiger partial charge < -0.3 is 10.1 Å². The number of ether oxygens (including phenoxy) is 1. The zero-order valence-electron chi connectivity index (χ0n) is 13.3. The monoisotopic (exact) mass is 310 g/mol. The Kier molecular flexibility index (Phi) is 3.97. The molecular formula is C17H18N4O2. The van der Waals surface area contributed by atoms with Crippen molar-refractivity contribution in [3.05, 3.63) is 47.5 Å². The third-order valence-corrected chi connectivity index (χ3v) is 3.80. The van der Waals surface area contributed by atoms with Gasteiger partial charge in [0.1, 0.15) is 17.8 Å². The fourth-order valence-electron chi connectivity index (χ4n) is 2.35. The molecule has 0 aliphatic carbocycles. The topological polar surface area (TPSA) is 69.0 Å². The summed E-state index contributed by atoms with van der Waals surface area (Å²) in [5, 5.41) is 11.0. The average molecular weight is 310 g/mol. The standard InChI is InChI=1S/C17H18N4O2/c1-11-8-15-16(9-12(11)2)21(20-19-15)10-17(22)18-13-4-6-14(23-3)7-5-13/h4-9H,10H2,1-3H3,(H,18,22). The molecule has 0 saturated heterocycles. The molecule has 23 heavy (non-hydrogen) atoms. The Morgan fingerprint density at radius 3 is 2.57 bits per heavy atom. The van der Waals surface area contributed by atoms with E-state index >= 15 is 0 Å². The number of aryl methyl sites for hydroxylation is 2. The number of benzene rings is 2. The summed E-state index contributed by atoms with van der Waals surface area (Å²) in [5.74, 6) is 0.594. The van der Waals surface area contributed by atoms with Gasteiger partial charge in [-0.1, -0.05) is 5.21 Å². The Bertz CT molecular complexity index is 853. The van der Waals surface area contributed by atoms with Crippen LogP contribution >= 0.6 is 0 Å². The fraction of sp³-hybridized carbons (Fsp3) is 0.235. The van der Waals surface area contributed by atoms with Crippen LogP contribution in [0.2, 0.25) is 0 Å². The lowest BCUT2D eigenvalue weighted by Gasteiger charge is -2.07. The first-order chi connectivity index (χ1) is 11.1. The maximum atomic E-state index is 12.2. The van der Waals surface area contributed by atoms with Gasteiger partial charge in [0.05, 0.1) is 12.6 Å². The van der Waals surface area contributed by atoms with E-state index in [-0.39, 0.29) is 12.5 Å². The molecule has 0 fully saturated rings. The number of nitrogens with one attached hydrogen (secondary N) is 1. The van der Waals surface area contributed by atoms with Crippen molar-refractivity contribution in [2.45, 2.75) is 20.4 Å². The second-order valence-electron chi connectivity index (χ2n) is 5.45. The van der Waals surface area contributed by atoms with Crippen LogP contribution in [0.3, 0.4) is 0 Å². The van der Waals surface area contributed by atoms with Crippen LogP contribution in [-0.4, -0.2) is 28.0 Å². The summed E-state index contributed by atoms with van der Waals surface area (Å²) in [4.78, 5) is 12.2. The first kappa shape index (κ1) is 15.0. The van der Waals surface area contributed by atoms with Crippen LogP contribution in [0.4, 0.5) is 5.69 Å². The van der Waals surface area contributed by atoms with E-state index in [0.29, 0.717) is 5.69 Å². The van der Waals surface area contributed by atoms with E-state index in [2.05, 4.69) is 15.6 Å². The van der Waals surface area contributed by atoms with E-state index in [0.717, 1.165) is 27.9 Å². The summed E-state index contributed by atoms with van der Waals surface area (Å²) in [7, 11) is 1.60. The number of hydrogen-bond acceptors (Lipinski definition) is 4. The van der Waals surface area contributed by atoms with Gasteiger partial charge in [-0.2, -0.15) is 0 Å². The highest BCUT2D eigenvalue weighted by molar-refractivity contribution is 5.91. The molecule has 0 radical (unpaired) electrons. The van der Waals surface area contributed by atoms with Gasteiger partial charge in [0.15, 0.2) is 0 Å². The molecule has 0 bridgehead atoms. The Morgan fingerprint density at radius 2 is 1.87 bits per heavy atom. The number of aromatic nitrogens is 3. The number of anilines is 1. The van der Waals surface area contributed by atoms with Gasteiger partial charge in [0.25, 0.3) is 0 Å². The van der Waals surface area contributed by atoms with Crippen molar-refractivity contribution in [1.29, 1.82) is 0 Å². The zero-order chi connectivity index (χ0) is 16.4. The lowest BCUT2D eigenvalue weighted by atomic mass is 10.1. The molecule has 118 valence electrons. The molecule has 3 rings (SSSR count). The number of amides is 1. The van der Waals surface area contributed by atoms with Gasteiger partial charge in [0.2, 0.25) is 5.91 Å². The van der Waals surface area contributed by atoms with E-state index in [9.17, 15) is 4.79 Å². The van der Waals surface area contributed by atoms with Gasteiger partial charge in [-0.05, 0) is 61.4 Å². The van der Waals surface area contributed by atoms with E-state index in [1.54, 1.807) is 36.1 Å². The molecule has 1 amide bonds. The number of rotatable bonds is 4. The Labute approximate surface area is 134 Å². The summed E-state index contributed by atoms with van der Waals surface area (Å²) >= 11 is 0. The Balaban J connectivity index is 1.76. The number of methoxy groups -OCH3 is 1. The molecule has 6 heteroatoms. The third-order valence-electron chi connectivity index (χ3n) is 3.80. The van der Waals surface area contributed by atoms with Crippen molar-refractivity contribution in [1.82, 2.24) is 15.0 Å². The lowest BCUT2D eigenvalue weighted by molar-refractivity contribution is -0.116. The molecule has 2 aromatic carbocycles. The number of fused-ring (bicyclic) bond motifs is 1. The maximum Gasteiger partial charge on any atom is 0.246 e. The molecule has 6 nitrogen and oxygen atoms in total. The predicted octanol–water partition coefficient (Wildman–Crippen LogP) is 2.70. The summed E-state index contributed by atoms with van der Waals surface area (Å²) in [6.07, 6.45) is 0. The van der Waals surface area contributed by atoms with Crippen molar-refractivity contribution in [3.8, 4) is 5.75 Å². The summed E-state index contributed by atoms with van der Waals surface area (Å²) in [6, 6.07) is 11.2. The minimum absolute atomic E-state index is 0.116. The number of carbonyl (C=O) groups excluding carboxylic acids is 1. The smallest absolute Gasteiger partial charge is 0.246 e. The number of nitrogens with zero attached hydrogens (tertiary/aromatic N) is 3. The molecule has 1 N–H and O–H groups in total. The fourth-order valence-corrected chi connectivity index (χ4v) is 2.35. The van der Waals surface area contributed by atoms with E-state index in [1.165, 1.54) is 0 Å². The third kappa shape index (κ3) is 3.15. The molecule has 0 atom stereocenters. The van der Waals surface area contributed by atoms with Crippen molar-refractivity contribution >= 4 is 22.6 Å². The van der Waals surface area contributed by atoms with E-state index < -0.39 is 0 Å². The van der Waals surface area contributed by atoms with Crippen molar-refractivity contribution in [3.63, 3.8) is 0 Å². The SMILES string of the molecule is COc1ccc(NC(=O)Cn2nnc3cc(C)c(C)cc32)cc1. The van der Waals surface area contributed by atoms with Crippen molar-refractivity contribution in [2.24, 2.45) is 0 Å². The van der Waals surface area contributed by atoms with Crippen LogP contribution in [0.15, 0.2) is 36.4 Å². The van der Waals surface area contributed by atoms with Crippen LogP contribution in [0, 0.1) is 13.8 Å². The van der Waals surface area contributed by atoms with Crippen molar-refractivity contribution < 1.29 is 9.53 Å². The Morgan fingerprint density at radius 1 is 1.17 bits per heavy atom. The minimum Gasteiger partial charge on any atom is -0.497 e. The molecule has 1 aromatic heterocycles. The number of hydrogen-bond donors (Lipinski definition) is 1. The van der Waals surface area contributed by atoms with Gasteiger partial charge in [-0.15, -0.1) is 5.10 Å². The van der Waals surface area contributed by atoms with Gasteiger partial charge >= 0.3 is 0 Å². The van der Waals surface area contributed by atoms with E-state index in [1.807, 2.05) is 26.0 Å². The molecule has 3 aromatic rings. The summed E-state index contributed by atoms with van der Waals surface area (Å²) in [5.41, 5.74) is 4.68. The quantitative estimate of drug-likeness (QED) is 0.804. The van der Waals surface area contributed by atoms with Crippen LogP contribution < -0.4 is 10.1 Å². The van der Waals surface area contributed by atoms with Crippen LogP contribution in [0.25, 0.3) is 11.0 Å². The number of carbonyl (C=O) groups is 1. The zero-order valence-corrected chi connectivity index (χ0v) is 13.3. The average Bonchev–Trinajstić information content (AvgIpc) is 2.90. The predicted molar refractivity (Wildman–Crippen MR) is 88.6 cm³/mol. The van der Waals surface area contributed by atoms with Crippen LogP contribution in [-0.2, 0) is 11.3 Å². The van der Waals surface area contributed by atoms with Crippen molar-refractivity contribution in [2.75, 3.05) is 12.4 Å². The second kappa shape index (κ2) is 6.08. The molecule has 0 aliphatic heterocycles. The first-order valence-electron chi connectivity index (χ1n) is 7.31. The summed E-state index contributed by atoms with van der Waals surface area (Å²) in [6.45, 7) is 4.18. The molecule has 0 spiro atoms. The van der Waals surface area contributed by atoms with Crippen LogP contribution in [0.1, 0.15) is 11.1 Å². The molecule has 0 unspecified atom stereocenters. The highest BCUT2D eigenvalue weighted by atomic mass is 16.5. The van der Waals surface area contributed by atoms with Gasteiger partial charge in [-0.25, -0.2) is 4.68 Å². The van der Waals surface area contributed by atoms with E-state index in [4.69, 9.17) is 4.74 Å². The second-order valence-corrected chi connectivity index (χ2v) is 5.45. The molecule has 0 saturated carbocycles. The highest BCUT2D eigenvalue weighted by Gasteiger charge is 2.10. The molecule has 0 aliphatic rings. The first-order valence-corrected chi connectivity index (χ1v) is 7.31. The lowest BCUT2D eigenvalue weighted by Crippen LogP contribution is -2.19. The molecular weight excluding hydrogens is 292 g/mol. The highest BCUT2D eigenvalue weighted by Crippen LogP contribution is 2.18. The van der Waals surface area contributed by atoms with Gasteiger partial charge in [0, 0.05) is 5.69 Å². The Hall–Kier alpha value is -2.89.